The Labute approximate surface area is 117 Å². The largest absolute Gasteiger partial charge is 0.468 e. The molecule has 94 valence electrons. The van der Waals surface area contributed by atoms with Crippen LogP contribution in [0.4, 0.5) is 0 Å². The van der Waals surface area contributed by atoms with E-state index in [1.54, 1.807) is 17.5 Å². The molecular weight excluding hydrogens is 316 g/mol. The number of imidazole rings is 1. The predicted octanol–water partition coefficient (Wildman–Crippen LogP) is 3.11. The van der Waals surface area contributed by atoms with E-state index in [1.807, 2.05) is 11.4 Å². The lowest BCUT2D eigenvalue weighted by atomic mass is 10.1. The third-order valence-corrected chi connectivity index (χ3v) is 4.91. The van der Waals surface area contributed by atoms with Crippen molar-refractivity contribution in [1.29, 1.82) is 0 Å². The minimum atomic E-state index is -0.526. The van der Waals surface area contributed by atoms with Gasteiger partial charge in [0, 0.05) is 9.85 Å². The van der Waals surface area contributed by atoms with Gasteiger partial charge in [0.25, 0.3) is 0 Å². The summed E-state index contributed by atoms with van der Waals surface area (Å²) in [4.78, 5) is 20.4. The number of nitrogens with one attached hydrogen (secondary N) is 1. The van der Waals surface area contributed by atoms with E-state index in [0.29, 0.717) is 5.82 Å². The maximum Gasteiger partial charge on any atom is 0.319 e. The molecule has 6 heteroatoms. The molecule has 18 heavy (non-hydrogen) atoms. The van der Waals surface area contributed by atoms with Crippen LogP contribution >= 0.6 is 27.3 Å². The van der Waals surface area contributed by atoms with E-state index in [2.05, 4.69) is 25.9 Å². The number of aromatic nitrogens is 2. The molecule has 1 saturated carbocycles. The van der Waals surface area contributed by atoms with Crippen LogP contribution in [-0.4, -0.2) is 23.0 Å². The second kappa shape index (κ2) is 4.20. The SMILES string of the molecule is COC(=O)C1(c2ncc(-c3cc(Br)cs3)[nH]2)CC1. The molecule has 0 spiro atoms. The number of rotatable bonds is 3. The van der Waals surface area contributed by atoms with Gasteiger partial charge in [-0.15, -0.1) is 11.3 Å². The average Bonchev–Trinajstić information content (AvgIpc) is 2.84. The summed E-state index contributed by atoms with van der Waals surface area (Å²) in [5, 5.41) is 2.02. The number of H-pyrrole nitrogens is 1. The summed E-state index contributed by atoms with van der Waals surface area (Å²) in [6.45, 7) is 0. The molecule has 0 atom stereocenters. The van der Waals surface area contributed by atoms with Crippen LogP contribution in [0.25, 0.3) is 10.6 Å². The lowest BCUT2D eigenvalue weighted by Gasteiger charge is -2.08. The molecule has 3 rings (SSSR count). The van der Waals surface area contributed by atoms with Crippen LogP contribution in [-0.2, 0) is 14.9 Å². The van der Waals surface area contributed by atoms with Crippen molar-refractivity contribution in [3.63, 3.8) is 0 Å². The molecule has 1 aliphatic carbocycles. The minimum absolute atomic E-state index is 0.198. The standard InChI is InChI=1S/C12H11BrN2O2S/c1-17-11(16)12(2-3-12)10-14-5-8(15-10)9-4-7(13)6-18-9/h4-6H,2-3H2,1H3,(H,14,15). The number of thiophene rings is 1. The number of carbonyl (C=O) groups excluding carboxylic acids is 1. The highest BCUT2D eigenvalue weighted by Crippen LogP contribution is 2.48. The number of hydrogen-bond acceptors (Lipinski definition) is 4. The number of esters is 1. The van der Waals surface area contributed by atoms with Crippen molar-refractivity contribution in [2.75, 3.05) is 7.11 Å². The summed E-state index contributed by atoms with van der Waals surface area (Å²) in [5.74, 6) is 0.518. The minimum Gasteiger partial charge on any atom is -0.468 e. The molecule has 2 aromatic rings. The van der Waals surface area contributed by atoms with E-state index in [0.717, 1.165) is 27.9 Å². The van der Waals surface area contributed by atoms with E-state index in [-0.39, 0.29) is 5.97 Å². The summed E-state index contributed by atoms with van der Waals surface area (Å²) >= 11 is 5.05. The van der Waals surface area contributed by atoms with E-state index < -0.39 is 5.41 Å². The van der Waals surface area contributed by atoms with Gasteiger partial charge in [0.1, 0.15) is 11.2 Å². The van der Waals surface area contributed by atoms with Crippen molar-refractivity contribution in [1.82, 2.24) is 9.97 Å². The quantitative estimate of drug-likeness (QED) is 0.882. The first kappa shape index (κ1) is 11.9. The molecule has 1 fully saturated rings. The summed E-state index contributed by atoms with van der Waals surface area (Å²) < 4.78 is 5.90. The topological polar surface area (TPSA) is 55.0 Å². The molecule has 0 amide bonds. The monoisotopic (exact) mass is 326 g/mol. The molecule has 0 aliphatic heterocycles. The lowest BCUT2D eigenvalue weighted by molar-refractivity contribution is -0.143. The highest BCUT2D eigenvalue weighted by atomic mass is 79.9. The third-order valence-electron chi connectivity index (χ3n) is 3.19. The smallest absolute Gasteiger partial charge is 0.319 e. The first-order valence-corrected chi connectivity index (χ1v) is 7.21. The van der Waals surface area contributed by atoms with Gasteiger partial charge in [0.15, 0.2) is 0 Å². The Kier molecular flexibility index (Phi) is 2.79. The molecule has 0 radical (unpaired) electrons. The number of nitrogens with zero attached hydrogens (tertiary/aromatic N) is 1. The molecule has 2 heterocycles. The maximum absolute atomic E-state index is 11.8. The van der Waals surface area contributed by atoms with Gasteiger partial charge in [0.2, 0.25) is 0 Å². The zero-order chi connectivity index (χ0) is 12.8. The lowest BCUT2D eigenvalue weighted by Crippen LogP contribution is -2.23. The Morgan fingerprint density at radius 1 is 1.61 bits per heavy atom. The highest BCUT2D eigenvalue weighted by molar-refractivity contribution is 9.10. The fourth-order valence-corrected chi connectivity index (χ4v) is 3.40. The van der Waals surface area contributed by atoms with E-state index in [9.17, 15) is 4.79 Å². The molecule has 0 saturated heterocycles. The van der Waals surface area contributed by atoms with Crippen LogP contribution in [0, 0.1) is 0 Å². The van der Waals surface area contributed by atoms with E-state index >= 15 is 0 Å². The van der Waals surface area contributed by atoms with Crippen molar-refractivity contribution in [2.24, 2.45) is 0 Å². The van der Waals surface area contributed by atoms with Crippen molar-refractivity contribution >= 4 is 33.2 Å². The van der Waals surface area contributed by atoms with Crippen molar-refractivity contribution in [3.8, 4) is 10.6 Å². The van der Waals surface area contributed by atoms with Crippen molar-refractivity contribution in [2.45, 2.75) is 18.3 Å². The molecular formula is C12H11BrN2O2S. The molecule has 4 nitrogen and oxygen atoms in total. The maximum atomic E-state index is 11.8. The Morgan fingerprint density at radius 2 is 2.39 bits per heavy atom. The summed E-state index contributed by atoms with van der Waals surface area (Å²) in [6.07, 6.45) is 3.39. The predicted molar refractivity (Wildman–Crippen MR) is 72.5 cm³/mol. The van der Waals surface area contributed by atoms with Gasteiger partial charge in [-0.05, 0) is 34.8 Å². The number of aromatic amines is 1. The van der Waals surface area contributed by atoms with Gasteiger partial charge in [-0.3, -0.25) is 4.79 Å². The van der Waals surface area contributed by atoms with Crippen LogP contribution in [0.3, 0.4) is 0 Å². The molecule has 1 aliphatic rings. The van der Waals surface area contributed by atoms with Gasteiger partial charge in [-0.2, -0.15) is 0 Å². The number of methoxy groups -OCH3 is 1. The average molecular weight is 327 g/mol. The fraction of sp³-hybridized carbons (Fsp3) is 0.333. The number of hydrogen-bond donors (Lipinski definition) is 1. The Bertz CT molecular complexity index is 601. The van der Waals surface area contributed by atoms with Crippen LogP contribution in [0.5, 0.6) is 0 Å². The number of ether oxygens (including phenoxy) is 1. The summed E-state index contributed by atoms with van der Waals surface area (Å²) in [6, 6.07) is 2.03. The van der Waals surface area contributed by atoms with Gasteiger partial charge < -0.3 is 9.72 Å². The zero-order valence-electron chi connectivity index (χ0n) is 9.70. The van der Waals surface area contributed by atoms with Gasteiger partial charge in [0.05, 0.1) is 23.9 Å². The Balaban J connectivity index is 1.93. The molecule has 0 bridgehead atoms. The zero-order valence-corrected chi connectivity index (χ0v) is 12.1. The van der Waals surface area contributed by atoms with Crippen molar-refractivity contribution in [3.05, 3.63) is 27.9 Å². The molecule has 2 aromatic heterocycles. The molecule has 0 aromatic carbocycles. The van der Waals surface area contributed by atoms with Crippen LogP contribution in [0.1, 0.15) is 18.7 Å². The second-order valence-corrected chi connectivity index (χ2v) is 6.18. The second-order valence-electron chi connectivity index (χ2n) is 4.35. The van der Waals surface area contributed by atoms with Crippen LogP contribution in [0.2, 0.25) is 0 Å². The van der Waals surface area contributed by atoms with Crippen molar-refractivity contribution < 1.29 is 9.53 Å². The first-order chi connectivity index (χ1) is 8.65. The van der Waals surface area contributed by atoms with E-state index in [1.165, 1.54) is 7.11 Å². The van der Waals surface area contributed by atoms with Gasteiger partial charge in [-0.25, -0.2) is 4.98 Å². The third kappa shape index (κ3) is 1.80. The summed E-state index contributed by atoms with van der Waals surface area (Å²) in [5.41, 5.74) is 0.414. The van der Waals surface area contributed by atoms with E-state index in [4.69, 9.17) is 4.74 Å². The van der Waals surface area contributed by atoms with Crippen LogP contribution in [0.15, 0.2) is 22.1 Å². The summed E-state index contributed by atoms with van der Waals surface area (Å²) in [7, 11) is 1.42. The van der Waals surface area contributed by atoms with Gasteiger partial charge in [-0.1, -0.05) is 0 Å². The van der Waals surface area contributed by atoms with Gasteiger partial charge >= 0.3 is 5.97 Å². The fourth-order valence-electron chi connectivity index (χ4n) is 2.00. The highest BCUT2D eigenvalue weighted by Gasteiger charge is 2.55. The first-order valence-electron chi connectivity index (χ1n) is 5.54. The number of halogens is 1. The Hall–Kier alpha value is -1.14. The number of carbonyl (C=O) groups is 1. The molecule has 1 N–H and O–H groups in total. The molecule has 0 unspecified atom stereocenters. The van der Waals surface area contributed by atoms with Crippen LogP contribution < -0.4 is 0 Å². The Morgan fingerprint density at radius 3 is 2.94 bits per heavy atom. The normalized spacial score (nSPS) is 16.6.